The largest absolute Gasteiger partial charge is 0.354 e. The lowest BCUT2D eigenvalue weighted by molar-refractivity contribution is 0.0791. The quantitative estimate of drug-likeness (QED) is 0.538. The molecular weight excluding hydrogens is 394 g/mol. The van der Waals surface area contributed by atoms with E-state index in [1.54, 1.807) is 13.2 Å². The number of carbonyl (C=O) groups excluding carboxylic acids is 2. The van der Waals surface area contributed by atoms with Crippen LogP contribution < -0.4 is 5.32 Å². The van der Waals surface area contributed by atoms with Crippen molar-refractivity contribution in [2.45, 2.75) is 12.3 Å². The summed E-state index contributed by atoms with van der Waals surface area (Å²) >= 11 is 1.53. The van der Waals surface area contributed by atoms with Crippen LogP contribution in [0.4, 0.5) is 0 Å². The van der Waals surface area contributed by atoms with Crippen LogP contribution in [0.25, 0.3) is 21.0 Å². The van der Waals surface area contributed by atoms with Gasteiger partial charge in [0.15, 0.2) is 0 Å². The van der Waals surface area contributed by atoms with Gasteiger partial charge >= 0.3 is 0 Å². The summed E-state index contributed by atoms with van der Waals surface area (Å²) < 4.78 is 1.11. The van der Waals surface area contributed by atoms with Crippen molar-refractivity contribution in [3.63, 3.8) is 0 Å². The fourth-order valence-electron chi connectivity index (χ4n) is 4.32. The number of fused-ring (bicyclic) bond motifs is 2. The third kappa shape index (κ3) is 3.13. The molecule has 0 radical (unpaired) electrons. The Kier molecular flexibility index (Phi) is 4.71. The molecule has 1 aliphatic rings. The predicted octanol–water partition coefficient (Wildman–Crippen LogP) is 4.44. The molecule has 0 spiro atoms. The van der Waals surface area contributed by atoms with E-state index in [4.69, 9.17) is 0 Å². The van der Waals surface area contributed by atoms with Crippen LogP contribution in [0.1, 0.15) is 37.9 Å². The van der Waals surface area contributed by atoms with E-state index >= 15 is 0 Å². The van der Waals surface area contributed by atoms with Crippen molar-refractivity contribution >= 4 is 44.1 Å². The van der Waals surface area contributed by atoms with Crippen LogP contribution in [-0.4, -0.2) is 41.8 Å². The smallest absolute Gasteiger partial charge is 0.261 e. The normalized spacial score (nSPS) is 16.3. The maximum absolute atomic E-state index is 13.2. The summed E-state index contributed by atoms with van der Waals surface area (Å²) in [7, 11) is 1.66. The molecule has 1 fully saturated rings. The van der Waals surface area contributed by atoms with E-state index in [9.17, 15) is 9.59 Å². The first kappa shape index (κ1) is 18.8. The first-order chi connectivity index (χ1) is 14.7. The number of hydrogen-bond donors (Lipinski definition) is 1. The minimum absolute atomic E-state index is 0.0317. The fraction of sp³-hybridized carbons (Fsp3) is 0.208. The lowest BCUT2D eigenvalue weighted by Gasteiger charge is -2.17. The second kappa shape index (κ2) is 7.54. The molecule has 0 unspecified atom stereocenters. The average molecular weight is 416 g/mol. The highest BCUT2D eigenvalue weighted by molar-refractivity contribution is 7.21. The van der Waals surface area contributed by atoms with Gasteiger partial charge in [-0.25, -0.2) is 0 Å². The second-order valence-corrected chi connectivity index (χ2v) is 8.62. The summed E-state index contributed by atoms with van der Waals surface area (Å²) in [5.74, 6) is 0.127. The fourth-order valence-corrected chi connectivity index (χ4v) is 5.56. The third-order valence-corrected chi connectivity index (χ3v) is 6.99. The van der Waals surface area contributed by atoms with Gasteiger partial charge in [0.25, 0.3) is 11.8 Å². The molecule has 1 atom stereocenters. The van der Waals surface area contributed by atoms with Crippen LogP contribution in [0.2, 0.25) is 0 Å². The number of thiophene rings is 1. The van der Waals surface area contributed by atoms with Crippen LogP contribution in [0.5, 0.6) is 0 Å². The number of benzene rings is 2. The number of hydrogen-bond acceptors (Lipinski definition) is 4. The molecule has 1 N–H and O–H groups in total. The standard InChI is InChI=1S/C24H21N3O2S/c1-25-23(28)22-21(18-6-2-3-7-20(18)30-22)17-10-12-27(14-17)24(29)16-8-9-19-15(13-16)5-4-11-26-19/h2-9,11,13,17H,10,12,14H2,1H3,(H,25,28)/t17-/m0/s1. The van der Waals surface area contributed by atoms with Gasteiger partial charge in [-0.3, -0.25) is 14.6 Å². The monoisotopic (exact) mass is 415 g/mol. The van der Waals surface area contributed by atoms with E-state index in [1.165, 1.54) is 11.3 Å². The van der Waals surface area contributed by atoms with Crippen molar-refractivity contribution in [3.8, 4) is 0 Å². The van der Waals surface area contributed by atoms with Gasteiger partial charge in [0.1, 0.15) is 0 Å². The van der Waals surface area contributed by atoms with E-state index in [0.29, 0.717) is 18.7 Å². The van der Waals surface area contributed by atoms with Crippen molar-refractivity contribution in [2.24, 2.45) is 0 Å². The molecule has 2 aromatic heterocycles. The maximum Gasteiger partial charge on any atom is 0.261 e. The number of nitrogens with zero attached hydrogens (tertiary/aromatic N) is 2. The van der Waals surface area contributed by atoms with Crippen LogP contribution >= 0.6 is 11.3 Å². The van der Waals surface area contributed by atoms with Crippen molar-refractivity contribution in [3.05, 3.63) is 76.8 Å². The Bertz CT molecular complexity index is 1280. The molecular formula is C24H21N3O2S. The number of carbonyl (C=O) groups is 2. The van der Waals surface area contributed by atoms with Gasteiger partial charge in [-0.1, -0.05) is 24.3 Å². The van der Waals surface area contributed by atoms with E-state index in [-0.39, 0.29) is 17.7 Å². The first-order valence-electron chi connectivity index (χ1n) is 10.0. The zero-order valence-electron chi connectivity index (χ0n) is 16.6. The lowest BCUT2D eigenvalue weighted by atomic mass is 9.95. The highest BCUT2D eigenvalue weighted by atomic mass is 32.1. The highest BCUT2D eigenvalue weighted by Crippen LogP contribution is 2.40. The zero-order chi connectivity index (χ0) is 20.7. The Labute approximate surface area is 178 Å². The van der Waals surface area contributed by atoms with E-state index in [2.05, 4.69) is 22.4 Å². The number of aromatic nitrogens is 1. The van der Waals surface area contributed by atoms with Crippen molar-refractivity contribution in [1.82, 2.24) is 15.2 Å². The molecule has 6 heteroatoms. The number of nitrogens with one attached hydrogen (secondary N) is 1. The SMILES string of the molecule is CNC(=O)c1sc2ccccc2c1[C@H]1CCN(C(=O)c2ccc3ncccc3c2)C1. The van der Waals surface area contributed by atoms with Crippen LogP contribution in [0.15, 0.2) is 60.8 Å². The molecule has 150 valence electrons. The number of rotatable bonds is 3. The summed E-state index contributed by atoms with van der Waals surface area (Å²) in [6.45, 7) is 1.31. The molecule has 0 bridgehead atoms. The van der Waals surface area contributed by atoms with Gasteiger partial charge in [0.05, 0.1) is 10.4 Å². The summed E-state index contributed by atoms with van der Waals surface area (Å²) in [4.78, 5) is 32.7. The van der Waals surface area contributed by atoms with Gasteiger partial charge in [0, 0.05) is 47.9 Å². The van der Waals surface area contributed by atoms with Gasteiger partial charge in [-0.2, -0.15) is 0 Å². The molecule has 5 nitrogen and oxygen atoms in total. The van der Waals surface area contributed by atoms with Crippen molar-refractivity contribution in [1.29, 1.82) is 0 Å². The first-order valence-corrected chi connectivity index (χ1v) is 10.8. The van der Waals surface area contributed by atoms with E-state index < -0.39 is 0 Å². The topological polar surface area (TPSA) is 62.3 Å². The minimum atomic E-state index is -0.0574. The van der Waals surface area contributed by atoms with Crippen LogP contribution in [-0.2, 0) is 0 Å². The van der Waals surface area contributed by atoms with Gasteiger partial charge in [-0.15, -0.1) is 11.3 Å². The second-order valence-electron chi connectivity index (χ2n) is 7.57. The van der Waals surface area contributed by atoms with Crippen LogP contribution in [0.3, 0.4) is 0 Å². The summed E-state index contributed by atoms with van der Waals surface area (Å²) in [5.41, 5.74) is 2.64. The molecule has 4 aromatic rings. The number of likely N-dealkylation sites (tertiary alicyclic amines) is 1. The Hall–Kier alpha value is -3.25. The summed E-state index contributed by atoms with van der Waals surface area (Å²) in [6.07, 6.45) is 2.61. The minimum Gasteiger partial charge on any atom is -0.354 e. The number of pyridine rings is 1. The summed E-state index contributed by atoms with van der Waals surface area (Å²) in [5, 5.41) is 4.85. The van der Waals surface area contributed by atoms with Crippen LogP contribution in [0, 0.1) is 0 Å². The van der Waals surface area contributed by atoms with E-state index in [0.717, 1.165) is 37.9 Å². The van der Waals surface area contributed by atoms with Crippen molar-refractivity contribution < 1.29 is 9.59 Å². The lowest BCUT2D eigenvalue weighted by Crippen LogP contribution is -2.28. The molecule has 3 heterocycles. The Balaban J connectivity index is 1.45. The molecule has 30 heavy (non-hydrogen) atoms. The van der Waals surface area contributed by atoms with Gasteiger partial charge in [0.2, 0.25) is 0 Å². The molecule has 5 rings (SSSR count). The highest BCUT2D eigenvalue weighted by Gasteiger charge is 2.32. The van der Waals surface area contributed by atoms with Gasteiger partial charge in [-0.05, 0) is 47.7 Å². The Morgan fingerprint density at radius 2 is 2.00 bits per heavy atom. The molecule has 2 aromatic carbocycles. The van der Waals surface area contributed by atoms with E-state index in [1.807, 2.05) is 47.4 Å². The van der Waals surface area contributed by atoms with Crippen molar-refractivity contribution in [2.75, 3.05) is 20.1 Å². The van der Waals surface area contributed by atoms with Gasteiger partial charge < -0.3 is 10.2 Å². The maximum atomic E-state index is 13.2. The number of amides is 2. The molecule has 1 aliphatic heterocycles. The Morgan fingerprint density at radius 3 is 2.87 bits per heavy atom. The predicted molar refractivity (Wildman–Crippen MR) is 120 cm³/mol. The molecule has 0 saturated carbocycles. The zero-order valence-corrected chi connectivity index (χ0v) is 17.4. The molecule has 2 amide bonds. The molecule has 0 aliphatic carbocycles. The average Bonchev–Trinajstić information content (AvgIpc) is 3.42. The molecule has 1 saturated heterocycles. The Morgan fingerprint density at radius 1 is 1.13 bits per heavy atom. The summed E-state index contributed by atoms with van der Waals surface area (Å²) in [6, 6.07) is 17.6. The third-order valence-electron chi connectivity index (χ3n) is 5.80.